The lowest BCUT2D eigenvalue weighted by atomic mass is 10.1. The second kappa shape index (κ2) is 4.61. The van der Waals surface area contributed by atoms with Crippen molar-refractivity contribution in [2.45, 2.75) is 6.42 Å². The molecule has 0 aliphatic carbocycles. The van der Waals surface area contributed by atoms with Crippen molar-refractivity contribution in [1.82, 2.24) is 0 Å². The molecular weight excluding hydrogens is 275 g/mol. The zero-order chi connectivity index (χ0) is 11.5. The monoisotopic (exact) mass is 282 g/mol. The summed E-state index contributed by atoms with van der Waals surface area (Å²) in [5, 5.41) is 0. The minimum atomic E-state index is -0.327. The molecule has 0 N–H and O–H groups in total. The van der Waals surface area contributed by atoms with E-state index in [-0.39, 0.29) is 18.0 Å². The van der Waals surface area contributed by atoms with Gasteiger partial charge in [-0.3, -0.25) is 4.79 Å². The van der Waals surface area contributed by atoms with Crippen LogP contribution in [0.4, 0.5) is 4.39 Å². The van der Waals surface area contributed by atoms with E-state index < -0.39 is 0 Å². The van der Waals surface area contributed by atoms with Gasteiger partial charge < -0.3 is 4.42 Å². The van der Waals surface area contributed by atoms with Crippen LogP contribution in [0.2, 0.25) is 0 Å². The van der Waals surface area contributed by atoms with Gasteiger partial charge in [0, 0.05) is 10.9 Å². The van der Waals surface area contributed by atoms with E-state index in [4.69, 9.17) is 4.42 Å². The van der Waals surface area contributed by atoms with Crippen LogP contribution in [0.25, 0.3) is 0 Å². The SMILES string of the molecule is O=C(Cc1ccc(F)cc1Br)c1ccoc1. The Balaban J connectivity index is 2.18. The van der Waals surface area contributed by atoms with Gasteiger partial charge in [-0.25, -0.2) is 4.39 Å². The highest BCUT2D eigenvalue weighted by atomic mass is 79.9. The maximum atomic E-state index is 12.8. The van der Waals surface area contributed by atoms with Crippen molar-refractivity contribution in [2.75, 3.05) is 0 Å². The Hall–Kier alpha value is -1.42. The van der Waals surface area contributed by atoms with Gasteiger partial charge in [0.25, 0.3) is 0 Å². The van der Waals surface area contributed by atoms with Gasteiger partial charge in [-0.15, -0.1) is 0 Å². The van der Waals surface area contributed by atoms with Crippen LogP contribution in [-0.4, -0.2) is 5.78 Å². The van der Waals surface area contributed by atoms with E-state index in [1.807, 2.05) is 0 Å². The quantitative estimate of drug-likeness (QED) is 0.805. The minimum absolute atomic E-state index is 0.0546. The lowest BCUT2D eigenvalue weighted by molar-refractivity contribution is 0.0992. The van der Waals surface area contributed by atoms with Crippen LogP contribution in [0.15, 0.2) is 45.7 Å². The third kappa shape index (κ3) is 2.39. The van der Waals surface area contributed by atoms with Gasteiger partial charge in [-0.2, -0.15) is 0 Å². The third-order valence-corrected chi connectivity index (χ3v) is 2.95. The van der Waals surface area contributed by atoms with Crippen LogP contribution in [-0.2, 0) is 6.42 Å². The van der Waals surface area contributed by atoms with Crippen LogP contribution in [0.5, 0.6) is 0 Å². The molecule has 1 heterocycles. The molecule has 0 radical (unpaired) electrons. The lowest BCUT2D eigenvalue weighted by Crippen LogP contribution is -2.02. The molecule has 0 saturated carbocycles. The first-order valence-corrected chi connectivity index (χ1v) is 5.45. The number of carbonyl (C=O) groups is 1. The van der Waals surface area contributed by atoms with Gasteiger partial charge in [0.2, 0.25) is 0 Å². The molecule has 0 saturated heterocycles. The molecule has 0 bridgehead atoms. The fourth-order valence-corrected chi connectivity index (χ4v) is 1.85. The highest BCUT2D eigenvalue weighted by molar-refractivity contribution is 9.10. The molecule has 0 fully saturated rings. The van der Waals surface area contributed by atoms with Gasteiger partial charge in [0.1, 0.15) is 12.1 Å². The standard InChI is InChI=1S/C12H8BrFO2/c13-11-6-10(14)2-1-8(11)5-12(15)9-3-4-16-7-9/h1-4,6-7H,5H2. The van der Waals surface area contributed by atoms with Crippen LogP contribution < -0.4 is 0 Å². The number of rotatable bonds is 3. The Morgan fingerprint density at radius 2 is 2.19 bits per heavy atom. The fraction of sp³-hybridized carbons (Fsp3) is 0.0833. The average Bonchev–Trinajstić information content (AvgIpc) is 2.75. The number of ketones is 1. The number of hydrogen-bond donors (Lipinski definition) is 0. The Labute approximate surface area is 100 Å². The molecule has 2 nitrogen and oxygen atoms in total. The Kier molecular flexibility index (Phi) is 3.19. The summed E-state index contributed by atoms with van der Waals surface area (Å²) in [6, 6.07) is 5.89. The van der Waals surface area contributed by atoms with Crippen molar-refractivity contribution < 1.29 is 13.6 Å². The molecule has 1 aromatic carbocycles. The summed E-state index contributed by atoms with van der Waals surface area (Å²) in [4.78, 5) is 11.7. The maximum Gasteiger partial charge on any atom is 0.170 e. The molecule has 2 rings (SSSR count). The molecule has 0 aliphatic heterocycles. The first kappa shape index (κ1) is 11.1. The maximum absolute atomic E-state index is 12.8. The largest absolute Gasteiger partial charge is 0.472 e. The van der Waals surface area contributed by atoms with E-state index in [0.717, 1.165) is 5.56 Å². The molecule has 0 aliphatic rings. The van der Waals surface area contributed by atoms with E-state index in [1.165, 1.54) is 24.7 Å². The van der Waals surface area contributed by atoms with Crippen LogP contribution >= 0.6 is 15.9 Å². The summed E-state index contributed by atoms with van der Waals surface area (Å²) in [7, 11) is 0. The van der Waals surface area contributed by atoms with Crippen LogP contribution in [0.3, 0.4) is 0 Å². The predicted octanol–water partition coefficient (Wildman–Crippen LogP) is 3.61. The first-order chi connectivity index (χ1) is 7.66. The molecule has 16 heavy (non-hydrogen) atoms. The van der Waals surface area contributed by atoms with Crippen LogP contribution in [0, 0.1) is 5.82 Å². The van der Waals surface area contributed by atoms with E-state index in [9.17, 15) is 9.18 Å². The fourth-order valence-electron chi connectivity index (χ4n) is 1.36. The number of carbonyl (C=O) groups excluding carboxylic acids is 1. The average molecular weight is 283 g/mol. The second-order valence-corrected chi connectivity index (χ2v) is 4.20. The van der Waals surface area contributed by atoms with Gasteiger partial charge in [-0.05, 0) is 23.8 Å². The summed E-state index contributed by atoms with van der Waals surface area (Å²) in [6.07, 6.45) is 3.08. The van der Waals surface area contributed by atoms with Gasteiger partial charge >= 0.3 is 0 Å². The topological polar surface area (TPSA) is 30.2 Å². The second-order valence-electron chi connectivity index (χ2n) is 3.35. The third-order valence-electron chi connectivity index (χ3n) is 2.21. The van der Waals surface area contributed by atoms with E-state index in [0.29, 0.717) is 10.0 Å². The molecule has 0 amide bonds. The number of halogens is 2. The zero-order valence-electron chi connectivity index (χ0n) is 8.24. The van der Waals surface area contributed by atoms with Crippen molar-refractivity contribution in [1.29, 1.82) is 0 Å². The van der Waals surface area contributed by atoms with Gasteiger partial charge in [0.05, 0.1) is 11.8 Å². The molecule has 0 unspecified atom stereocenters. The Morgan fingerprint density at radius 1 is 1.38 bits per heavy atom. The summed E-state index contributed by atoms with van der Waals surface area (Å²) in [5.41, 5.74) is 1.28. The van der Waals surface area contributed by atoms with Crippen molar-refractivity contribution >= 4 is 21.7 Å². The van der Waals surface area contributed by atoms with E-state index in [2.05, 4.69) is 15.9 Å². The Morgan fingerprint density at radius 3 is 2.81 bits per heavy atom. The van der Waals surface area contributed by atoms with Gasteiger partial charge in [-0.1, -0.05) is 22.0 Å². The van der Waals surface area contributed by atoms with Crippen molar-refractivity contribution in [3.05, 3.63) is 58.2 Å². The normalized spacial score (nSPS) is 10.4. The van der Waals surface area contributed by atoms with E-state index >= 15 is 0 Å². The predicted molar refractivity (Wildman–Crippen MR) is 60.8 cm³/mol. The molecule has 1 aromatic heterocycles. The number of Topliss-reactive ketones (excluding diaryl/α,β-unsaturated/α-hetero) is 1. The first-order valence-electron chi connectivity index (χ1n) is 4.66. The highest BCUT2D eigenvalue weighted by Gasteiger charge is 2.10. The number of benzene rings is 1. The molecule has 0 atom stereocenters. The lowest BCUT2D eigenvalue weighted by Gasteiger charge is -2.02. The summed E-state index contributed by atoms with van der Waals surface area (Å²) >= 11 is 3.22. The van der Waals surface area contributed by atoms with Gasteiger partial charge in [0.15, 0.2) is 5.78 Å². The van der Waals surface area contributed by atoms with Crippen molar-refractivity contribution in [3.63, 3.8) is 0 Å². The number of furan rings is 1. The van der Waals surface area contributed by atoms with Crippen molar-refractivity contribution in [2.24, 2.45) is 0 Å². The van der Waals surface area contributed by atoms with Crippen molar-refractivity contribution in [3.8, 4) is 0 Å². The molecule has 0 spiro atoms. The summed E-state index contributed by atoms with van der Waals surface area (Å²) in [5.74, 6) is -0.382. The van der Waals surface area contributed by atoms with E-state index in [1.54, 1.807) is 12.1 Å². The zero-order valence-corrected chi connectivity index (χ0v) is 9.83. The smallest absolute Gasteiger partial charge is 0.170 e. The minimum Gasteiger partial charge on any atom is -0.472 e. The Bertz CT molecular complexity index is 506. The van der Waals surface area contributed by atoms with Crippen LogP contribution in [0.1, 0.15) is 15.9 Å². The molecule has 82 valence electrons. The summed E-state index contributed by atoms with van der Waals surface area (Å²) in [6.45, 7) is 0. The number of hydrogen-bond acceptors (Lipinski definition) is 2. The highest BCUT2D eigenvalue weighted by Crippen LogP contribution is 2.20. The molecule has 4 heteroatoms. The molecule has 2 aromatic rings. The molecular formula is C12H8BrFO2. The summed E-state index contributed by atoms with van der Waals surface area (Å²) < 4.78 is 18.3.